The van der Waals surface area contributed by atoms with E-state index in [1.165, 1.54) is 26.4 Å². The van der Waals surface area contributed by atoms with Gasteiger partial charge in [-0.1, -0.05) is 19.9 Å². The summed E-state index contributed by atoms with van der Waals surface area (Å²) in [5, 5.41) is 12.1. The second-order valence-electron chi connectivity index (χ2n) is 12.8. The van der Waals surface area contributed by atoms with Crippen LogP contribution in [-0.4, -0.2) is 66.2 Å². The summed E-state index contributed by atoms with van der Waals surface area (Å²) >= 11 is 0. The number of hydrogen-bond acceptors (Lipinski definition) is 10. The number of carbonyl (C=O) groups excluding carboxylic acids is 3. The summed E-state index contributed by atoms with van der Waals surface area (Å²) in [6.07, 6.45) is 3.78. The van der Waals surface area contributed by atoms with Crippen molar-refractivity contribution in [2.24, 2.45) is 28.1 Å². The predicted octanol–water partition coefficient (Wildman–Crippen LogP) is 2.88. The number of carbonyl (C=O) groups is 3. The Morgan fingerprint density at radius 3 is 2.56 bits per heavy atom. The first-order valence-corrected chi connectivity index (χ1v) is 13.5. The molecule has 0 amide bonds. The van der Waals surface area contributed by atoms with Crippen molar-refractivity contribution in [3.63, 3.8) is 0 Å². The number of esters is 3. The third-order valence-electron chi connectivity index (χ3n) is 10.8. The zero-order chi connectivity index (χ0) is 28.2. The third-order valence-corrected chi connectivity index (χ3v) is 10.8. The number of epoxide rings is 1. The van der Waals surface area contributed by atoms with Crippen LogP contribution in [0.2, 0.25) is 0 Å². The van der Waals surface area contributed by atoms with Crippen LogP contribution in [-0.2, 0) is 38.1 Å². The third kappa shape index (κ3) is 3.11. The van der Waals surface area contributed by atoms with Crippen LogP contribution in [0.25, 0.3) is 0 Å². The first-order valence-electron chi connectivity index (χ1n) is 13.5. The summed E-state index contributed by atoms with van der Waals surface area (Å²) in [6.45, 7) is 9.33. The number of cyclic esters (lactones) is 1. The number of furan rings is 1. The van der Waals surface area contributed by atoms with Crippen LogP contribution in [0.1, 0.15) is 59.1 Å². The van der Waals surface area contributed by atoms with E-state index in [0.29, 0.717) is 18.4 Å². The van der Waals surface area contributed by atoms with Crippen LogP contribution in [0.5, 0.6) is 0 Å². The van der Waals surface area contributed by atoms with E-state index in [0.717, 1.165) is 0 Å². The Bertz CT molecular complexity index is 1240. The van der Waals surface area contributed by atoms with E-state index in [4.69, 9.17) is 28.1 Å². The number of rotatable bonds is 4. The molecule has 10 nitrogen and oxygen atoms in total. The van der Waals surface area contributed by atoms with Gasteiger partial charge in [-0.2, -0.15) is 0 Å². The van der Waals surface area contributed by atoms with Gasteiger partial charge in [0.2, 0.25) is 0 Å². The van der Waals surface area contributed by atoms with Crippen molar-refractivity contribution in [2.75, 3.05) is 13.7 Å². The number of ether oxygens (including phenoxy) is 5. The SMILES string of the molecule is COC(=O)/C=C/C12COC(C)(C)C1C(O)C(OC(C)=O)C1(C)C2CCC2(C)C(c3ccoc3)OC(=O)C3OC321. The number of aliphatic hydroxyl groups is 1. The molecule has 2 aliphatic carbocycles. The summed E-state index contributed by atoms with van der Waals surface area (Å²) in [7, 11) is 1.31. The summed E-state index contributed by atoms with van der Waals surface area (Å²) in [5.41, 5.74) is -3.82. The van der Waals surface area contributed by atoms with Crippen molar-refractivity contribution in [3.8, 4) is 0 Å². The maximum Gasteiger partial charge on any atom is 0.339 e. The molecule has 10 atom stereocenters. The standard InChI is InChI=1S/C29H36O10/c1-15(30)37-22-19(32)20-25(2,3)36-14-28(20,11-8-18(31)34-6)17-7-10-26(4)21(16-9-12-35-13-16)38-24(33)23-29(26,39-23)27(17,22)5/h8-9,11-13,17,19-23,32H,7,10,14H2,1-6H3/b11-8+. The Morgan fingerprint density at radius 1 is 1.18 bits per heavy atom. The fourth-order valence-corrected chi connectivity index (χ4v) is 9.39. The molecule has 4 heterocycles. The molecule has 1 aromatic heterocycles. The largest absolute Gasteiger partial charge is 0.472 e. The lowest BCUT2D eigenvalue weighted by Gasteiger charge is -2.67. The van der Waals surface area contributed by atoms with Crippen molar-refractivity contribution < 1.29 is 47.6 Å². The summed E-state index contributed by atoms with van der Waals surface area (Å²) in [5.74, 6) is -2.38. The topological polar surface area (TPSA) is 134 Å². The predicted molar refractivity (Wildman–Crippen MR) is 133 cm³/mol. The van der Waals surface area contributed by atoms with E-state index in [-0.39, 0.29) is 12.5 Å². The Balaban J connectivity index is 1.58. The maximum absolute atomic E-state index is 13.4. The van der Waals surface area contributed by atoms with E-state index >= 15 is 0 Å². The first kappa shape index (κ1) is 26.5. The van der Waals surface area contributed by atoms with Gasteiger partial charge in [-0.05, 0) is 38.7 Å². The van der Waals surface area contributed by atoms with Crippen LogP contribution in [0.3, 0.4) is 0 Å². The Kier molecular flexibility index (Phi) is 5.56. The molecular weight excluding hydrogens is 508 g/mol. The van der Waals surface area contributed by atoms with E-state index in [1.807, 2.05) is 27.7 Å². The van der Waals surface area contributed by atoms with Crippen LogP contribution < -0.4 is 0 Å². The second kappa shape index (κ2) is 8.17. The van der Waals surface area contributed by atoms with Gasteiger partial charge in [-0.3, -0.25) is 4.79 Å². The molecule has 5 fully saturated rings. The number of methoxy groups -OCH3 is 1. The zero-order valence-electron chi connectivity index (χ0n) is 23.1. The van der Waals surface area contributed by atoms with Crippen molar-refractivity contribution in [2.45, 2.75) is 83.1 Å². The molecule has 5 aliphatic rings. The van der Waals surface area contributed by atoms with Crippen molar-refractivity contribution >= 4 is 17.9 Å². The smallest absolute Gasteiger partial charge is 0.339 e. The zero-order valence-corrected chi connectivity index (χ0v) is 23.1. The Labute approximate surface area is 226 Å². The van der Waals surface area contributed by atoms with Crippen LogP contribution in [0, 0.1) is 28.1 Å². The minimum absolute atomic E-state index is 0.231. The lowest BCUT2D eigenvalue weighted by molar-refractivity contribution is -0.271. The summed E-state index contributed by atoms with van der Waals surface area (Å²) < 4.78 is 35.0. The fourth-order valence-electron chi connectivity index (χ4n) is 9.39. The molecular formula is C29H36O10. The van der Waals surface area contributed by atoms with E-state index in [1.54, 1.807) is 18.4 Å². The molecule has 10 unspecified atom stereocenters. The van der Waals surface area contributed by atoms with Gasteiger partial charge in [0.05, 0.1) is 37.9 Å². The highest BCUT2D eigenvalue weighted by molar-refractivity contribution is 5.83. The quantitative estimate of drug-likeness (QED) is 0.261. The maximum atomic E-state index is 13.4. The molecule has 0 radical (unpaired) electrons. The van der Waals surface area contributed by atoms with Gasteiger partial charge < -0.3 is 33.2 Å². The van der Waals surface area contributed by atoms with Gasteiger partial charge in [0.15, 0.2) is 6.10 Å². The van der Waals surface area contributed by atoms with E-state index < -0.39 is 75.7 Å². The molecule has 0 bridgehead atoms. The molecule has 212 valence electrons. The fraction of sp³-hybridized carbons (Fsp3) is 0.690. The number of fused-ring (bicyclic) bond motifs is 3. The molecule has 10 heteroatoms. The van der Waals surface area contributed by atoms with Gasteiger partial charge in [-0.15, -0.1) is 0 Å². The monoisotopic (exact) mass is 544 g/mol. The van der Waals surface area contributed by atoms with E-state index in [2.05, 4.69) is 0 Å². The average Bonchev–Trinajstić information content (AvgIpc) is 3.33. The molecule has 39 heavy (non-hydrogen) atoms. The highest BCUT2D eigenvalue weighted by Gasteiger charge is 2.90. The van der Waals surface area contributed by atoms with Gasteiger partial charge >= 0.3 is 17.9 Å². The Morgan fingerprint density at radius 2 is 1.92 bits per heavy atom. The lowest BCUT2D eigenvalue weighted by atomic mass is 9.37. The number of aliphatic hydroxyl groups excluding tert-OH is 1. The van der Waals surface area contributed by atoms with Crippen LogP contribution in [0.15, 0.2) is 35.2 Å². The second-order valence-corrected chi connectivity index (χ2v) is 12.8. The molecule has 1 spiro atoms. The minimum Gasteiger partial charge on any atom is -0.472 e. The molecule has 3 saturated heterocycles. The molecule has 0 aromatic carbocycles. The van der Waals surface area contributed by atoms with Gasteiger partial charge in [-0.25, -0.2) is 9.59 Å². The minimum atomic E-state index is -1.18. The molecule has 1 aromatic rings. The van der Waals surface area contributed by atoms with Crippen LogP contribution >= 0.6 is 0 Å². The summed E-state index contributed by atoms with van der Waals surface area (Å²) in [6, 6.07) is 1.78. The van der Waals surface area contributed by atoms with Crippen molar-refractivity contribution in [1.29, 1.82) is 0 Å². The van der Waals surface area contributed by atoms with E-state index in [9.17, 15) is 19.5 Å². The highest BCUT2D eigenvalue weighted by atomic mass is 16.7. The van der Waals surface area contributed by atoms with Crippen molar-refractivity contribution in [3.05, 3.63) is 36.3 Å². The molecule has 1 N–H and O–H groups in total. The lowest BCUT2D eigenvalue weighted by Crippen LogP contribution is -2.75. The number of hydrogen-bond donors (Lipinski definition) is 1. The Hall–Kier alpha value is -2.69. The molecule has 6 rings (SSSR count). The van der Waals surface area contributed by atoms with Gasteiger partial charge in [0.25, 0.3) is 0 Å². The highest BCUT2D eigenvalue weighted by Crippen LogP contribution is 2.80. The first-order chi connectivity index (χ1) is 18.3. The van der Waals surface area contributed by atoms with Gasteiger partial charge in [0.1, 0.15) is 17.8 Å². The molecule has 3 aliphatic heterocycles. The normalized spacial score (nSPS) is 47.3. The van der Waals surface area contributed by atoms with Gasteiger partial charge in [0, 0.05) is 40.7 Å². The molecule has 2 saturated carbocycles. The summed E-state index contributed by atoms with van der Waals surface area (Å²) in [4.78, 5) is 38.3. The van der Waals surface area contributed by atoms with Crippen LogP contribution in [0.4, 0.5) is 0 Å². The van der Waals surface area contributed by atoms with Crippen molar-refractivity contribution in [1.82, 2.24) is 0 Å². The average molecular weight is 545 g/mol.